The van der Waals surface area contributed by atoms with Crippen LogP contribution in [0.25, 0.3) is 0 Å². The number of piperidine rings is 1. The largest absolute Gasteiger partial charge is 0.465 e. The molecule has 0 saturated carbocycles. The molecule has 1 aliphatic heterocycles. The summed E-state index contributed by atoms with van der Waals surface area (Å²) in [5, 5.41) is 2.36. The van der Waals surface area contributed by atoms with Crippen molar-refractivity contribution in [2.24, 2.45) is 5.92 Å². The van der Waals surface area contributed by atoms with Gasteiger partial charge in [-0.1, -0.05) is 0 Å². The highest BCUT2D eigenvalue weighted by Crippen LogP contribution is 2.30. The molecule has 11 heteroatoms. The average molecular weight is 443 g/mol. The van der Waals surface area contributed by atoms with Crippen molar-refractivity contribution in [3.05, 3.63) is 53.2 Å². The van der Waals surface area contributed by atoms with Crippen LogP contribution in [-0.2, 0) is 15.7 Å². The van der Waals surface area contributed by atoms with Crippen molar-refractivity contribution in [3.63, 3.8) is 0 Å². The number of nitrogens with zero attached hydrogens (tertiary/aromatic N) is 2. The van der Waals surface area contributed by atoms with Crippen LogP contribution in [-0.4, -0.2) is 37.1 Å². The van der Waals surface area contributed by atoms with Gasteiger partial charge in [-0.25, -0.2) is 18.6 Å². The molecule has 0 unspecified atom stereocenters. The van der Waals surface area contributed by atoms with Crippen LogP contribution in [0.2, 0.25) is 0 Å². The second kappa shape index (κ2) is 8.86. The zero-order chi connectivity index (χ0) is 22.8. The molecule has 0 bridgehead atoms. The molecular weight excluding hydrogens is 425 g/mol. The van der Waals surface area contributed by atoms with Gasteiger partial charge in [0.2, 0.25) is 5.91 Å². The number of halogens is 5. The Labute approximate surface area is 174 Å². The average Bonchev–Trinajstić information content (AvgIpc) is 2.74. The third kappa shape index (κ3) is 5.09. The molecule has 31 heavy (non-hydrogen) atoms. The number of nitrogens with one attached hydrogen (secondary N) is 1. The molecule has 1 aromatic carbocycles. The molecule has 0 radical (unpaired) electrons. The second-order valence-corrected chi connectivity index (χ2v) is 6.96. The van der Waals surface area contributed by atoms with Crippen molar-refractivity contribution in [2.45, 2.75) is 19.0 Å². The summed E-state index contributed by atoms with van der Waals surface area (Å²) in [5.74, 6) is -3.81. The van der Waals surface area contributed by atoms with Crippen molar-refractivity contribution < 1.29 is 36.3 Å². The van der Waals surface area contributed by atoms with Gasteiger partial charge in [0.25, 0.3) is 0 Å². The quantitative estimate of drug-likeness (QED) is 0.571. The monoisotopic (exact) mass is 443 g/mol. The number of anilines is 2. The highest BCUT2D eigenvalue weighted by molar-refractivity contribution is 5.95. The molecule has 1 aromatic heterocycles. The van der Waals surface area contributed by atoms with Crippen molar-refractivity contribution >= 4 is 23.4 Å². The van der Waals surface area contributed by atoms with Crippen molar-refractivity contribution in [3.8, 4) is 0 Å². The minimum atomic E-state index is -4.47. The minimum absolute atomic E-state index is 0.348. The van der Waals surface area contributed by atoms with Crippen molar-refractivity contribution in [1.82, 2.24) is 4.98 Å². The van der Waals surface area contributed by atoms with Gasteiger partial charge >= 0.3 is 12.1 Å². The molecule has 3 rings (SSSR count). The Hall–Kier alpha value is -3.24. The topological polar surface area (TPSA) is 71.5 Å². The number of carbonyl (C=O) groups is 2. The van der Waals surface area contributed by atoms with E-state index in [0.29, 0.717) is 37.8 Å². The molecule has 0 spiro atoms. The fraction of sp³-hybridized carbons (Fsp3) is 0.350. The predicted molar refractivity (Wildman–Crippen MR) is 101 cm³/mol. The predicted octanol–water partition coefficient (Wildman–Crippen LogP) is 4.02. The van der Waals surface area contributed by atoms with E-state index in [2.05, 4.69) is 15.0 Å². The lowest BCUT2D eigenvalue weighted by Gasteiger charge is -2.32. The van der Waals surface area contributed by atoms with E-state index >= 15 is 0 Å². The van der Waals surface area contributed by atoms with E-state index in [0.717, 1.165) is 25.4 Å². The first kappa shape index (κ1) is 22.4. The van der Waals surface area contributed by atoms with Crippen LogP contribution in [0, 0.1) is 17.6 Å². The number of amides is 1. The molecule has 1 aliphatic rings. The SMILES string of the molecule is COC(=O)c1cc(NC(=O)C2CCN(c3ccc(C(F)(F)F)cn3)CC2)c(F)cc1F. The summed E-state index contributed by atoms with van der Waals surface area (Å²) >= 11 is 0. The Morgan fingerprint density at radius 2 is 1.81 bits per heavy atom. The number of ether oxygens (including phenoxy) is 1. The van der Waals surface area contributed by atoms with Gasteiger partial charge in [-0.3, -0.25) is 4.79 Å². The number of hydrogen-bond donors (Lipinski definition) is 1. The van der Waals surface area contributed by atoms with E-state index in [1.54, 1.807) is 4.90 Å². The van der Waals surface area contributed by atoms with Gasteiger partial charge < -0.3 is 15.0 Å². The van der Waals surface area contributed by atoms with Crippen LogP contribution in [0.3, 0.4) is 0 Å². The van der Waals surface area contributed by atoms with Crippen LogP contribution < -0.4 is 10.2 Å². The van der Waals surface area contributed by atoms with Crippen LogP contribution in [0.15, 0.2) is 30.5 Å². The molecule has 0 atom stereocenters. The fourth-order valence-corrected chi connectivity index (χ4v) is 3.26. The van der Waals surface area contributed by atoms with Gasteiger partial charge in [0.15, 0.2) is 0 Å². The zero-order valence-corrected chi connectivity index (χ0v) is 16.3. The van der Waals surface area contributed by atoms with E-state index in [1.165, 1.54) is 6.07 Å². The molecule has 1 fully saturated rings. The Bertz CT molecular complexity index is 971. The van der Waals surface area contributed by atoms with Gasteiger partial charge in [-0.2, -0.15) is 13.2 Å². The molecule has 1 amide bonds. The van der Waals surface area contributed by atoms with Crippen molar-refractivity contribution in [1.29, 1.82) is 0 Å². The number of alkyl halides is 3. The third-order valence-electron chi connectivity index (χ3n) is 4.98. The second-order valence-electron chi connectivity index (χ2n) is 6.96. The van der Waals surface area contributed by atoms with E-state index < -0.39 is 46.7 Å². The summed E-state index contributed by atoms with van der Waals surface area (Å²) in [6, 6.07) is 3.57. The van der Waals surface area contributed by atoms with E-state index in [9.17, 15) is 31.5 Å². The lowest BCUT2D eigenvalue weighted by Crippen LogP contribution is -2.38. The molecule has 2 aromatic rings. The Kier molecular flexibility index (Phi) is 6.42. The molecule has 1 N–H and O–H groups in total. The lowest BCUT2D eigenvalue weighted by atomic mass is 9.95. The number of aromatic nitrogens is 1. The maximum atomic E-state index is 14.0. The van der Waals surface area contributed by atoms with Gasteiger partial charge in [0.05, 0.1) is 23.9 Å². The standard InChI is InChI=1S/C20H18F5N3O3/c1-31-19(30)13-8-16(15(22)9-14(13)21)27-18(29)11-4-6-28(7-5-11)17-3-2-12(10-26-17)20(23,24)25/h2-3,8-11H,4-7H2,1H3,(H,27,29). The zero-order valence-electron chi connectivity index (χ0n) is 16.3. The number of benzene rings is 1. The highest BCUT2D eigenvalue weighted by atomic mass is 19.4. The van der Waals surface area contributed by atoms with Gasteiger partial charge in [0, 0.05) is 31.3 Å². The summed E-state index contributed by atoms with van der Waals surface area (Å²) < 4.78 is 70.1. The Morgan fingerprint density at radius 3 is 2.35 bits per heavy atom. The Balaban J connectivity index is 1.63. The summed E-state index contributed by atoms with van der Waals surface area (Å²) in [6.07, 6.45) is -3.02. The van der Waals surface area contributed by atoms with E-state index in [-0.39, 0.29) is 5.69 Å². The van der Waals surface area contributed by atoms with Crippen LogP contribution in [0.5, 0.6) is 0 Å². The number of hydrogen-bond acceptors (Lipinski definition) is 5. The van der Waals surface area contributed by atoms with Gasteiger partial charge in [-0.05, 0) is 31.0 Å². The summed E-state index contributed by atoms with van der Waals surface area (Å²) in [7, 11) is 1.04. The molecule has 0 aliphatic carbocycles. The molecule has 2 heterocycles. The maximum absolute atomic E-state index is 14.0. The highest BCUT2D eigenvalue weighted by Gasteiger charge is 2.31. The first-order valence-corrected chi connectivity index (χ1v) is 9.26. The minimum Gasteiger partial charge on any atom is -0.465 e. The van der Waals surface area contributed by atoms with Gasteiger partial charge in [0.1, 0.15) is 17.5 Å². The molecule has 6 nitrogen and oxygen atoms in total. The molecular formula is C20H18F5N3O3. The number of pyridine rings is 1. The first-order chi connectivity index (χ1) is 14.6. The number of carbonyl (C=O) groups excluding carboxylic acids is 2. The third-order valence-corrected chi connectivity index (χ3v) is 4.98. The normalized spacial score (nSPS) is 15.0. The van der Waals surface area contributed by atoms with Crippen LogP contribution in [0.4, 0.5) is 33.5 Å². The van der Waals surface area contributed by atoms with E-state index in [4.69, 9.17) is 0 Å². The van der Waals surface area contributed by atoms with Gasteiger partial charge in [-0.15, -0.1) is 0 Å². The lowest BCUT2D eigenvalue weighted by molar-refractivity contribution is -0.137. The van der Waals surface area contributed by atoms with E-state index in [1.807, 2.05) is 0 Å². The van der Waals surface area contributed by atoms with Crippen LogP contribution in [0.1, 0.15) is 28.8 Å². The fourth-order valence-electron chi connectivity index (χ4n) is 3.26. The summed E-state index contributed by atoms with van der Waals surface area (Å²) in [5.41, 5.74) is -1.71. The first-order valence-electron chi connectivity index (χ1n) is 9.26. The Morgan fingerprint density at radius 1 is 1.13 bits per heavy atom. The number of rotatable bonds is 4. The summed E-state index contributed by atoms with van der Waals surface area (Å²) in [6.45, 7) is 0.714. The molecule has 1 saturated heterocycles. The van der Waals surface area contributed by atoms with Crippen LogP contribution >= 0.6 is 0 Å². The number of esters is 1. The molecule has 166 valence electrons. The number of methoxy groups -OCH3 is 1. The summed E-state index contributed by atoms with van der Waals surface area (Å²) in [4.78, 5) is 29.7. The van der Waals surface area contributed by atoms with Crippen molar-refractivity contribution in [2.75, 3.05) is 30.4 Å². The smallest absolute Gasteiger partial charge is 0.417 e. The maximum Gasteiger partial charge on any atom is 0.417 e.